The number of rotatable bonds is 7. The summed E-state index contributed by atoms with van der Waals surface area (Å²) in [6.45, 7) is 6.20. The fraction of sp³-hybridized carbons (Fsp3) is 0.526. The predicted molar refractivity (Wildman–Crippen MR) is 97.3 cm³/mol. The quantitative estimate of drug-likeness (QED) is 0.793. The Bertz CT molecular complexity index is 739. The van der Waals surface area contributed by atoms with E-state index in [9.17, 15) is 13.9 Å². The van der Waals surface area contributed by atoms with E-state index in [1.165, 1.54) is 15.8 Å². The Labute approximate surface area is 152 Å². The van der Waals surface area contributed by atoms with E-state index in [0.29, 0.717) is 13.1 Å². The van der Waals surface area contributed by atoms with Crippen molar-refractivity contribution < 1.29 is 13.9 Å². The van der Waals surface area contributed by atoms with Gasteiger partial charge in [-0.15, -0.1) is 0 Å². The molecule has 0 saturated heterocycles. The molecule has 0 amide bonds. The van der Waals surface area contributed by atoms with Crippen LogP contribution in [0.3, 0.4) is 0 Å². The van der Waals surface area contributed by atoms with Gasteiger partial charge in [0.05, 0.1) is 11.8 Å². The van der Waals surface area contributed by atoms with Gasteiger partial charge in [-0.25, -0.2) is 8.78 Å². The Kier molecular flexibility index (Phi) is 5.58. The highest BCUT2D eigenvalue weighted by Crippen LogP contribution is 2.27. The fourth-order valence-corrected chi connectivity index (χ4v) is 3.45. The average Bonchev–Trinajstić information content (AvgIpc) is 2.97. The van der Waals surface area contributed by atoms with Crippen LogP contribution < -0.4 is 5.32 Å². The van der Waals surface area contributed by atoms with Crippen LogP contribution in [0, 0.1) is 0 Å². The van der Waals surface area contributed by atoms with E-state index in [-0.39, 0.29) is 6.54 Å². The van der Waals surface area contributed by atoms with Crippen molar-refractivity contribution in [2.24, 2.45) is 0 Å². The molecular formula is C19H26F2N4O. The van der Waals surface area contributed by atoms with Gasteiger partial charge in [0.2, 0.25) is 0 Å². The third kappa shape index (κ3) is 5.02. The van der Waals surface area contributed by atoms with Crippen LogP contribution in [0.2, 0.25) is 0 Å². The van der Waals surface area contributed by atoms with Gasteiger partial charge in [-0.3, -0.25) is 9.58 Å². The molecule has 26 heavy (non-hydrogen) atoms. The summed E-state index contributed by atoms with van der Waals surface area (Å²) in [5.74, 6) is 0. The number of benzene rings is 1. The topological polar surface area (TPSA) is 53.3 Å². The van der Waals surface area contributed by atoms with Crippen molar-refractivity contribution in [2.45, 2.75) is 51.9 Å². The molecule has 0 saturated carbocycles. The number of halogens is 2. The minimum atomic E-state index is -2.40. The zero-order valence-electron chi connectivity index (χ0n) is 15.3. The molecule has 1 aromatic heterocycles. The molecule has 142 valence electrons. The van der Waals surface area contributed by atoms with Crippen LogP contribution in [-0.2, 0) is 26.1 Å². The highest BCUT2D eigenvalue weighted by atomic mass is 19.3. The van der Waals surface area contributed by atoms with Crippen molar-refractivity contribution in [3.05, 3.63) is 47.3 Å². The number of anilines is 1. The lowest BCUT2D eigenvalue weighted by molar-refractivity contribution is 0.0318. The second-order valence-corrected chi connectivity index (χ2v) is 7.53. The molecule has 5 nitrogen and oxygen atoms in total. The number of hydrogen-bond acceptors (Lipinski definition) is 4. The van der Waals surface area contributed by atoms with E-state index in [1.807, 2.05) is 26.0 Å². The molecule has 0 unspecified atom stereocenters. The lowest BCUT2D eigenvalue weighted by Gasteiger charge is -2.34. The number of alkyl halides is 2. The van der Waals surface area contributed by atoms with E-state index in [1.54, 1.807) is 12.4 Å². The Hall–Kier alpha value is -1.99. The number of aliphatic hydroxyl groups is 1. The van der Waals surface area contributed by atoms with E-state index in [4.69, 9.17) is 0 Å². The molecule has 0 radical (unpaired) electrons. The molecule has 0 spiro atoms. The van der Waals surface area contributed by atoms with Gasteiger partial charge < -0.3 is 10.4 Å². The van der Waals surface area contributed by atoms with Crippen LogP contribution in [0.4, 0.5) is 14.5 Å². The van der Waals surface area contributed by atoms with E-state index in [0.717, 1.165) is 30.8 Å². The van der Waals surface area contributed by atoms with Crippen molar-refractivity contribution in [1.82, 2.24) is 14.7 Å². The van der Waals surface area contributed by atoms with Crippen molar-refractivity contribution in [1.29, 1.82) is 0 Å². The lowest BCUT2D eigenvalue weighted by atomic mass is 9.96. The lowest BCUT2D eigenvalue weighted by Crippen LogP contribution is -2.41. The summed E-state index contributed by atoms with van der Waals surface area (Å²) >= 11 is 0. The zero-order chi connectivity index (χ0) is 18.7. The largest absolute Gasteiger partial charge is 0.389 e. The molecule has 2 N–H and O–H groups in total. The average molecular weight is 364 g/mol. The first kappa shape index (κ1) is 18.8. The monoisotopic (exact) mass is 364 g/mol. The molecule has 1 aromatic carbocycles. The van der Waals surface area contributed by atoms with Crippen molar-refractivity contribution in [3.63, 3.8) is 0 Å². The first-order chi connectivity index (χ1) is 12.3. The standard InChI is InChI=1S/C19H26F2N4O/c1-19(2,26)13-24-7-6-16-15(11-24)4-3-5-17(16)22-8-14-9-23-25(10-14)12-18(20)21/h3-5,9-10,18,22,26H,6-8,11-13H2,1-2H3. The minimum absolute atomic E-state index is 0.377. The number of β-amino-alcohol motifs (C(OH)–C–C–N with tert-alkyl or cyclic N) is 1. The Morgan fingerprint density at radius 1 is 1.35 bits per heavy atom. The molecule has 2 aromatic rings. The Balaban J connectivity index is 1.64. The molecule has 1 aliphatic heterocycles. The summed E-state index contributed by atoms with van der Waals surface area (Å²) in [6.07, 6.45) is 1.79. The van der Waals surface area contributed by atoms with Gasteiger partial charge in [0.1, 0.15) is 6.54 Å². The summed E-state index contributed by atoms with van der Waals surface area (Å²) < 4.78 is 26.1. The SMILES string of the molecule is CC(C)(O)CN1CCc2c(cccc2NCc2cnn(CC(F)F)c2)C1. The molecular weight excluding hydrogens is 338 g/mol. The van der Waals surface area contributed by atoms with Gasteiger partial charge in [0, 0.05) is 43.6 Å². The van der Waals surface area contributed by atoms with Gasteiger partial charge in [0.25, 0.3) is 6.43 Å². The van der Waals surface area contributed by atoms with Crippen LogP contribution in [0.5, 0.6) is 0 Å². The normalized spacial score (nSPS) is 15.3. The van der Waals surface area contributed by atoms with Crippen LogP contribution in [0.25, 0.3) is 0 Å². The van der Waals surface area contributed by atoms with Gasteiger partial charge in [0.15, 0.2) is 0 Å². The van der Waals surface area contributed by atoms with Crippen molar-refractivity contribution in [3.8, 4) is 0 Å². The van der Waals surface area contributed by atoms with E-state index in [2.05, 4.69) is 21.4 Å². The number of aromatic nitrogens is 2. The van der Waals surface area contributed by atoms with E-state index < -0.39 is 12.0 Å². The molecule has 7 heteroatoms. The summed E-state index contributed by atoms with van der Waals surface area (Å²) in [7, 11) is 0. The number of nitrogens with one attached hydrogen (secondary N) is 1. The molecule has 0 atom stereocenters. The predicted octanol–water partition coefficient (Wildman–Crippen LogP) is 2.89. The van der Waals surface area contributed by atoms with Gasteiger partial charge in [-0.2, -0.15) is 5.10 Å². The Morgan fingerprint density at radius 2 is 2.15 bits per heavy atom. The fourth-order valence-electron chi connectivity index (χ4n) is 3.45. The molecule has 2 heterocycles. The maximum Gasteiger partial charge on any atom is 0.257 e. The van der Waals surface area contributed by atoms with Crippen LogP contribution in [-0.4, -0.2) is 44.9 Å². The second-order valence-electron chi connectivity index (χ2n) is 7.53. The summed E-state index contributed by atoms with van der Waals surface area (Å²) in [5, 5.41) is 17.4. The Morgan fingerprint density at radius 3 is 2.88 bits per heavy atom. The van der Waals surface area contributed by atoms with Crippen LogP contribution >= 0.6 is 0 Å². The molecule has 0 fully saturated rings. The minimum Gasteiger partial charge on any atom is -0.389 e. The van der Waals surface area contributed by atoms with Crippen molar-refractivity contribution >= 4 is 5.69 Å². The highest BCUT2D eigenvalue weighted by molar-refractivity contribution is 5.55. The number of hydrogen-bond donors (Lipinski definition) is 2. The first-order valence-corrected chi connectivity index (χ1v) is 8.89. The highest BCUT2D eigenvalue weighted by Gasteiger charge is 2.23. The smallest absolute Gasteiger partial charge is 0.257 e. The molecule has 3 rings (SSSR count). The molecule has 0 bridgehead atoms. The van der Waals surface area contributed by atoms with Crippen molar-refractivity contribution in [2.75, 3.05) is 18.4 Å². The van der Waals surface area contributed by atoms with E-state index >= 15 is 0 Å². The molecule has 0 aliphatic carbocycles. The third-order valence-electron chi connectivity index (χ3n) is 4.45. The number of nitrogens with zero attached hydrogens (tertiary/aromatic N) is 3. The molecule has 1 aliphatic rings. The maximum atomic E-state index is 12.4. The van der Waals surface area contributed by atoms with Gasteiger partial charge in [-0.1, -0.05) is 12.1 Å². The maximum absolute atomic E-state index is 12.4. The summed E-state index contributed by atoms with van der Waals surface area (Å²) in [6, 6.07) is 6.20. The second kappa shape index (κ2) is 7.72. The van der Waals surface area contributed by atoms with Gasteiger partial charge >= 0.3 is 0 Å². The number of fused-ring (bicyclic) bond motifs is 1. The van der Waals surface area contributed by atoms with Crippen LogP contribution in [0.1, 0.15) is 30.5 Å². The zero-order valence-corrected chi connectivity index (χ0v) is 15.3. The van der Waals surface area contributed by atoms with Crippen LogP contribution in [0.15, 0.2) is 30.6 Å². The van der Waals surface area contributed by atoms with Gasteiger partial charge in [-0.05, 0) is 37.5 Å². The third-order valence-corrected chi connectivity index (χ3v) is 4.45. The summed E-state index contributed by atoms with van der Waals surface area (Å²) in [4.78, 5) is 2.26. The summed E-state index contributed by atoms with van der Waals surface area (Å²) in [5.41, 5.74) is 3.80. The first-order valence-electron chi connectivity index (χ1n) is 8.89.